The SMILES string of the molecule is CCOc1ccnc(CN2CC3(CCCC(C)(Cn4cnc5ccc(C#N)cc54)C3)OC2=O)c1. The minimum absolute atomic E-state index is 0.0576. The molecule has 2 fully saturated rings. The molecule has 1 saturated heterocycles. The quantitative estimate of drug-likeness (QED) is 0.532. The maximum absolute atomic E-state index is 12.8. The molecule has 3 heterocycles. The lowest BCUT2D eigenvalue weighted by Crippen LogP contribution is -2.44. The van der Waals surface area contributed by atoms with Gasteiger partial charge in [-0.3, -0.25) is 9.88 Å². The summed E-state index contributed by atoms with van der Waals surface area (Å²) >= 11 is 0. The molecule has 0 N–H and O–H groups in total. The number of aromatic nitrogens is 3. The van der Waals surface area contributed by atoms with E-state index in [1.807, 2.05) is 37.5 Å². The number of hydrogen-bond acceptors (Lipinski definition) is 6. The fraction of sp³-hybridized carbons (Fsp3) is 0.462. The van der Waals surface area contributed by atoms with Crippen molar-refractivity contribution in [2.45, 2.75) is 58.2 Å². The summed E-state index contributed by atoms with van der Waals surface area (Å²) in [5, 5.41) is 9.29. The molecule has 5 rings (SSSR count). The van der Waals surface area contributed by atoms with Crippen LogP contribution in [0.3, 0.4) is 0 Å². The third-order valence-corrected chi connectivity index (χ3v) is 6.96. The summed E-state index contributed by atoms with van der Waals surface area (Å²) < 4.78 is 13.8. The van der Waals surface area contributed by atoms with Gasteiger partial charge in [-0.2, -0.15) is 5.26 Å². The molecule has 8 nitrogen and oxygen atoms in total. The summed E-state index contributed by atoms with van der Waals surface area (Å²) in [6.07, 6.45) is 6.96. The molecule has 176 valence electrons. The first-order valence-corrected chi connectivity index (χ1v) is 11.8. The molecule has 2 aliphatic rings. The monoisotopic (exact) mass is 459 g/mol. The number of ether oxygens (including phenoxy) is 2. The van der Waals surface area contributed by atoms with Crippen molar-refractivity contribution in [3.05, 3.63) is 54.1 Å². The first kappa shape index (κ1) is 22.2. The summed E-state index contributed by atoms with van der Waals surface area (Å²) in [7, 11) is 0. The van der Waals surface area contributed by atoms with Crippen LogP contribution in [0.15, 0.2) is 42.9 Å². The lowest BCUT2D eigenvalue weighted by molar-refractivity contribution is -0.0270. The van der Waals surface area contributed by atoms with E-state index in [4.69, 9.17) is 9.47 Å². The molecule has 1 aromatic carbocycles. The van der Waals surface area contributed by atoms with Gasteiger partial charge in [-0.25, -0.2) is 9.78 Å². The lowest BCUT2D eigenvalue weighted by atomic mass is 9.68. The van der Waals surface area contributed by atoms with Crippen LogP contribution in [-0.4, -0.2) is 44.3 Å². The van der Waals surface area contributed by atoms with E-state index >= 15 is 0 Å². The molecular weight excluding hydrogens is 430 g/mol. The first-order chi connectivity index (χ1) is 16.4. The van der Waals surface area contributed by atoms with Crippen LogP contribution in [0, 0.1) is 16.7 Å². The van der Waals surface area contributed by atoms with Crippen LogP contribution in [0.2, 0.25) is 0 Å². The number of fused-ring (bicyclic) bond motifs is 1. The molecule has 8 heteroatoms. The number of carbonyl (C=O) groups is 1. The maximum atomic E-state index is 12.8. The van der Waals surface area contributed by atoms with Crippen LogP contribution in [0.25, 0.3) is 11.0 Å². The number of hydrogen-bond donors (Lipinski definition) is 0. The highest BCUT2D eigenvalue weighted by Gasteiger charge is 2.51. The molecule has 1 spiro atoms. The number of carbonyl (C=O) groups excluding carboxylic acids is 1. The summed E-state index contributed by atoms with van der Waals surface area (Å²) in [5.74, 6) is 0.757. The molecule has 2 atom stereocenters. The molecular formula is C26H29N5O3. The largest absolute Gasteiger partial charge is 0.494 e. The van der Waals surface area contributed by atoms with Crippen molar-refractivity contribution in [1.82, 2.24) is 19.4 Å². The predicted octanol–water partition coefficient (Wildman–Crippen LogP) is 4.67. The van der Waals surface area contributed by atoms with Crippen molar-refractivity contribution < 1.29 is 14.3 Å². The molecule has 1 saturated carbocycles. The van der Waals surface area contributed by atoms with E-state index in [9.17, 15) is 10.1 Å². The van der Waals surface area contributed by atoms with Crippen LogP contribution in [0.4, 0.5) is 4.79 Å². The zero-order valence-corrected chi connectivity index (χ0v) is 19.7. The van der Waals surface area contributed by atoms with Gasteiger partial charge in [0.15, 0.2) is 0 Å². The minimum atomic E-state index is -0.490. The Labute approximate surface area is 199 Å². The molecule has 3 aromatic rings. The first-order valence-electron chi connectivity index (χ1n) is 11.8. The summed E-state index contributed by atoms with van der Waals surface area (Å²) in [4.78, 5) is 23.5. The van der Waals surface area contributed by atoms with Crippen LogP contribution in [0.1, 0.15) is 50.8 Å². The van der Waals surface area contributed by atoms with E-state index < -0.39 is 5.60 Å². The van der Waals surface area contributed by atoms with Gasteiger partial charge < -0.3 is 14.0 Å². The molecule has 0 radical (unpaired) electrons. The average molecular weight is 460 g/mol. The molecule has 0 bridgehead atoms. The van der Waals surface area contributed by atoms with Gasteiger partial charge in [0.1, 0.15) is 11.4 Å². The van der Waals surface area contributed by atoms with Gasteiger partial charge in [0.05, 0.1) is 54.4 Å². The minimum Gasteiger partial charge on any atom is -0.494 e. The van der Waals surface area contributed by atoms with Crippen LogP contribution < -0.4 is 4.74 Å². The Balaban J connectivity index is 1.32. The zero-order chi connectivity index (χ0) is 23.8. The fourth-order valence-electron chi connectivity index (χ4n) is 5.62. The van der Waals surface area contributed by atoms with Gasteiger partial charge in [-0.05, 0) is 62.3 Å². The van der Waals surface area contributed by atoms with E-state index in [1.54, 1.807) is 17.2 Å². The second-order valence-corrected chi connectivity index (χ2v) is 9.85. The fourth-order valence-corrected chi connectivity index (χ4v) is 5.62. The third-order valence-electron chi connectivity index (χ3n) is 6.96. The molecule has 1 aliphatic carbocycles. The van der Waals surface area contributed by atoms with Gasteiger partial charge in [0.2, 0.25) is 0 Å². The van der Waals surface area contributed by atoms with Gasteiger partial charge >= 0.3 is 6.09 Å². The van der Waals surface area contributed by atoms with Crippen molar-refractivity contribution >= 4 is 17.1 Å². The zero-order valence-electron chi connectivity index (χ0n) is 19.7. The second kappa shape index (κ2) is 8.64. The Kier molecular flexibility index (Phi) is 5.64. The number of amides is 1. The Bertz CT molecular complexity index is 1260. The van der Waals surface area contributed by atoms with E-state index in [-0.39, 0.29) is 11.5 Å². The number of pyridine rings is 1. The van der Waals surface area contributed by atoms with E-state index in [0.717, 1.165) is 54.7 Å². The van der Waals surface area contributed by atoms with Crippen molar-refractivity contribution in [3.8, 4) is 11.8 Å². The van der Waals surface area contributed by atoms with Crippen molar-refractivity contribution in [2.75, 3.05) is 13.2 Å². The number of imidazole rings is 1. The van der Waals surface area contributed by atoms with E-state index in [1.165, 1.54) is 0 Å². The maximum Gasteiger partial charge on any atom is 0.410 e. The number of nitriles is 1. The van der Waals surface area contributed by atoms with Gasteiger partial charge in [0.25, 0.3) is 0 Å². The molecule has 2 unspecified atom stereocenters. The Morgan fingerprint density at radius 1 is 1.24 bits per heavy atom. The molecule has 34 heavy (non-hydrogen) atoms. The third kappa shape index (κ3) is 4.30. The predicted molar refractivity (Wildman–Crippen MR) is 126 cm³/mol. The Hall–Kier alpha value is -3.60. The standard InChI is InChI=1S/C26H29N5O3/c1-3-33-21-7-10-28-20(12-21)14-30-17-26(34-24(30)32)9-4-8-25(2,15-26)16-31-18-29-22-6-5-19(13-27)11-23(22)31/h5-7,10-12,18H,3-4,8-9,14-17H2,1-2H3. The van der Waals surface area contributed by atoms with Gasteiger partial charge in [-0.1, -0.05) is 6.92 Å². The molecule has 1 aliphatic heterocycles. The van der Waals surface area contributed by atoms with Crippen molar-refractivity contribution in [3.63, 3.8) is 0 Å². The highest BCUT2D eigenvalue weighted by atomic mass is 16.6. The molecule has 1 amide bonds. The number of benzene rings is 1. The second-order valence-electron chi connectivity index (χ2n) is 9.85. The number of nitrogens with zero attached hydrogens (tertiary/aromatic N) is 5. The van der Waals surface area contributed by atoms with Crippen molar-refractivity contribution in [1.29, 1.82) is 5.26 Å². The van der Waals surface area contributed by atoms with Gasteiger partial charge in [-0.15, -0.1) is 0 Å². The van der Waals surface area contributed by atoms with E-state index in [0.29, 0.717) is 25.3 Å². The van der Waals surface area contributed by atoms with Crippen LogP contribution >= 0.6 is 0 Å². The van der Waals surface area contributed by atoms with Crippen LogP contribution in [0.5, 0.6) is 5.75 Å². The van der Waals surface area contributed by atoms with Gasteiger partial charge in [0, 0.05) is 18.8 Å². The summed E-state index contributed by atoms with van der Waals surface area (Å²) in [5.41, 5.74) is 2.71. The van der Waals surface area contributed by atoms with E-state index in [2.05, 4.69) is 27.5 Å². The lowest BCUT2D eigenvalue weighted by Gasteiger charge is -2.43. The highest BCUT2D eigenvalue weighted by Crippen LogP contribution is 2.47. The smallest absolute Gasteiger partial charge is 0.410 e. The van der Waals surface area contributed by atoms with Crippen molar-refractivity contribution in [2.24, 2.45) is 5.41 Å². The summed E-state index contributed by atoms with van der Waals surface area (Å²) in [6.45, 7) is 6.51. The Morgan fingerprint density at radius 2 is 2.12 bits per heavy atom. The Morgan fingerprint density at radius 3 is 2.94 bits per heavy atom. The highest BCUT2D eigenvalue weighted by molar-refractivity contribution is 5.77. The topological polar surface area (TPSA) is 93.3 Å². The summed E-state index contributed by atoms with van der Waals surface area (Å²) in [6, 6.07) is 11.5. The molecule has 2 aromatic heterocycles. The average Bonchev–Trinajstić information content (AvgIpc) is 3.33. The van der Waals surface area contributed by atoms with Crippen LogP contribution in [-0.2, 0) is 17.8 Å². The number of rotatable bonds is 6. The normalized spacial score (nSPS) is 24.4.